The molecule has 0 aliphatic heterocycles. The van der Waals surface area contributed by atoms with Crippen molar-refractivity contribution in [3.8, 4) is 0 Å². The van der Waals surface area contributed by atoms with Crippen molar-refractivity contribution in [1.82, 2.24) is 10.2 Å². The van der Waals surface area contributed by atoms with E-state index < -0.39 is 5.97 Å². The fourth-order valence-corrected chi connectivity index (χ4v) is 1.33. The Labute approximate surface area is 90.5 Å². The molecule has 0 radical (unpaired) electrons. The molecule has 5 heteroatoms. The first-order valence-corrected chi connectivity index (χ1v) is 5.10. The van der Waals surface area contributed by atoms with E-state index in [1.807, 2.05) is 13.8 Å². The lowest BCUT2D eigenvalue weighted by Crippen LogP contribution is -2.36. The zero-order valence-electron chi connectivity index (χ0n) is 9.62. The summed E-state index contributed by atoms with van der Waals surface area (Å²) in [5, 5.41) is 11.2. The molecule has 0 unspecified atom stereocenters. The van der Waals surface area contributed by atoms with Crippen LogP contribution in [0.15, 0.2) is 0 Å². The Morgan fingerprint density at radius 2 is 2.00 bits per heavy atom. The molecule has 0 aromatic heterocycles. The van der Waals surface area contributed by atoms with Gasteiger partial charge in [-0.05, 0) is 5.92 Å². The fraction of sp³-hybridized carbons (Fsp3) is 0.800. The molecule has 0 saturated heterocycles. The van der Waals surface area contributed by atoms with Crippen LogP contribution in [0.4, 0.5) is 0 Å². The highest BCUT2D eigenvalue weighted by Gasteiger charge is 2.12. The van der Waals surface area contributed by atoms with Crippen LogP contribution in [-0.2, 0) is 9.59 Å². The fourth-order valence-electron chi connectivity index (χ4n) is 1.33. The summed E-state index contributed by atoms with van der Waals surface area (Å²) in [5.41, 5.74) is 0. The van der Waals surface area contributed by atoms with E-state index in [0.717, 1.165) is 0 Å². The summed E-state index contributed by atoms with van der Waals surface area (Å²) in [6, 6.07) is 0. The second-order valence-electron chi connectivity index (χ2n) is 3.95. The summed E-state index contributed by atoms with van der Waals surface area (Å²) in [4.78, 5) is 23.3. The molecule has 5 nitrogen and oxygen atoms in total. The first-order valence-electron chi connectivity index (χ1n) is 5.10. The van der Waals surface area contributed by atoms with E-state index in [9.17, 15) is 9.59 Å². The number of hydrogen-bond acceptors (Lipinski definition) is 3. The van der Waals surface area contributed by atoms with Gasteiger partial charge in [0, 0.05) is 26.6 Å². The summed E-state index contributed by atoms with van der Waals surface area (Å²) in [7, 11) is 1.58. The smallest absolute Gasteiger partial charge is 0.317 e. The molecule has 2 N–H and O–H groups in total. The zero-order chi connectivity index (χ0) is 11.8. The Balaban J connectivity index is 4.00. The van der Waals surface area contributed by atoms with Gasteiger partial charge in [-0.2, -0.15) is 0 Å². The normalized spacial score (nSPS) is 10.7. The molecular formula is C10H20N2O3. The van der Waals surface area contributed by atoms with Gasteiger partial charge in [-0.3, -0.25) is 14.5 Å². The van der Waals surface area contributed by atoms with Crippen LogP contribution in [0.25, 0.3) is 0 Å². The molecule has 0 aliphatic carbocycles. The average Bonchev–Trinajstić information content (AvgIpc) is 2.11. The van der Waals surface area contributed by atoms with Gasteiger partial charge in [-0.25, -0.2) is 0 Å². The number of hydrogen-bond donors (Lipinski definition) is 2. The topological polar surface area (TPSA) is 69.6 Å². The van der Waals surface area contributed by atoms with Gasteiger partial charge in [-0.15, -0.1) is 0 Å². The summed E-state index contributed by atoms with van der Waals surface area (Å²) < 4.78 is 0. The number of aliphatic carboxylic acids is 1. The second-order valence-corrected chi connectivity index (χ2v) is 3.95. The molecule has 0 aromatic rings. The van der Waals surface area contributed by atoms with Crippen molar-refractivity contribution in [3.05, 3.63) is 0 Å². The van der Waals surface area contributed by atoms with Gasteiger partial charge in [-0.1, -0.05) is 13.8 Å². The lowest BCUT2D eigenvalue weighted by Gasteiger charge is -2.21. The molecule has 88 valence electrons. The molecule has 0 aliphatic rings. The molecule has 1 amide bonds. The second kappa shape index (κ2) is 7.23. The van der Waals surface area contributed by atoms with Crippen molar-refractivity contribution in [2.75, 3.05) is 26.7 Å². The number of rotatable bonds is 7. The molecule has 0 heterocycles. The summed E-state index contributed by atoms with van der Waals surface area (Å²) >= 11 is 0. The predicted octanol–water partition coefficient (Wildman–Crippen LogP) is 0.165. The van der Waals surface area contributed by atoms with Crippen LogP contribution in [0, 0.1) is 5.92 Å². The Morgan fingerprint density at radius 1 is 1.40 bits per heavy atom. The van der Waals surface area contributed by atoms with Crippen LogP contribution < -0.4 is 5.32 Å². The maximum atomic E-state index is 11.0. The van der Waals surface area contributed by atoms with Gasteiger partial charge >= 0.3 is 5.97 Å². The quantitative estimate of drug-likeness (QED) is 0.636. The van der Waals surface area contributed by atoms with Gasteiger partial charge in [0.1, 0.15) is 0 Å². The molecule has 15 heavy (non-hydrogen) atoms. The third-order valence-corrected chi connectivity index (χ3v) is 1.92. The van der Waals surface area contributed by atoms with Crippen molar-refractivity contribution in [2.45, 2.75) is 20.3 Å². The standard InChI is InChI=1S/C10H20N2O3/c1-8(2)6-12(7-10(14)15)5-4-9(13)11-3/h8H,4-7H2,1-3H3,(H,11,13)(H,14,15). The SMILES string of the molecule is CNC(=O)CCN(CC(=O)O)CC(C)C. The third kappa shape index (κ3) is 7.93. The molecule has 0 atom stereocenters. The Morgan fingerprint density at radius 3 is 2.40 bits per heavy atom. The van der Waals surface area contributed by atoms with E-state index in [2.05, 4.69) is 5.32 Å². The molecule has 0 spiro atoms. The van der Waals surface area contributed by atoms with Crippen LogP contribution in [0.1, 0.15) is 20.3 Å². The van der Waals surface area contributed by atoms with Crippen molar-refractivity contribution >= 4 is 11.9 Å². The van der Waals surface area contributed by atoms with Gasteiger partial charge in [0.2, 0.25) is 5.91 Å². The summed E-state index contributed by atoms with van der Waals surface area (Å²) in [5.74, 6) is -0.518. The Bertz CT molecular complexity index is 217. The summed E-state index contributed by atoms with van der Waals surface area (Å²) in [6.45, 7) is 5.23. The van der Waals surface area contributed by atoms with E-state index in [1.54, 1.807) is 11.9 Å². The van der Waals surface area contributed by atoms with Crippen LogP contribution in [-0.4, -0.2) is 48.6 Å². The number of amides is 1. The minimum absolute atomic E-state index is 0.00479. The Hall–Kier alpha value is -1.10. The number of carbonyl (C=O) groups excluding carboxylic acids is 1. The van der Waals surface area contributed by atoms with Crippen molar-refractivity contribution in [1.29, 1.82) is 0 Å². The van der Waals surface area contributed by atoms with Gasteiger partial charge in [0.15, 0.2) is 0 Å². The van der Waals surface area contributed by atoms with E-state index in [1.165, 1.54) is 0 Å². The van der Waals surface area contributed by atoms with Crippen LogP contribution in [0.5, 0.6) is 0 Å². The predicted molar refractivity (Wildman–Crippen MR) is 57.6 cm³/mol. The van der Waals surface area contributed by atoms with E-state index in [-0.39, 0.29) is 12.5 Å². The molecule has 0 aromatic carbocycles. The molecular weight excluding hydrogens is 196 g/mol. The molecule has 0 fully saturated rings. The van der Waals surface area contributed by atoms with Crippen molar-refractivity contribution in [3.63, 3.8) is 0 Å². The zero-order valence-corrected chi connectivity index (χ0v) is 9.62. The molecule has 0 rings (SSSR count). The van der Waals surface area contributed by atoms with Crippen LogP contribution in [0.3, 0.4) is 0 Å². The van der Waals surface area contributed by atoms with Gasteiger partial charge < -0.3 is 10.4 Å². The average molecular weight is 216 g/mol. The van der Waals surface area contributed by atoms with E-state index in [4.69, 9.17) is 5.11 Å². The lowest BCUT2D eigenvalue weighted by atomic mass is 10.2. The summed E-state index contributed by atoms with van der Waals surface area (Å²) in [6.07, 6.45) is 0.344. The first-order chi connectivity index (χ1) is 6.95. The van der Waals surface area contributed by atoms with Crippen LogP contribution >= 0.6 is 0 Å². The molecule has 0 saturated carbocycles. The first kappa shape index (κ1) is 13.9. The van der Waals surface area contributed by atoms with Crippen molar-refractivity contribution in [2.24, 2.45) is 5.92 Å². The molecule has 0 bridgehead atoms. The monoisotopic (exact) mass is 216 g/mol. The van der Waals surface area contributed by atoms with E-state index in [0.29, 0.717) is 25.4 Å². The minimum atomic E-state index is -0.854. The number of nitrogens with one attached hydrogen (secondary N) is 1. The Kier molecular flexibility index (Phi) is 6.70. The third-order valence-electron chi connectivity index (χ3n) is 1.92. The highest BCUT2D eigenvalue weighted by Crippen LogP contribution is 1.99. The largest absolute Gasteiger partial charge is 0.480 e. The van der Waals surface area contributed by atoms with Crippen LogP contribution in [0.2, 0.25) is 0 Å². The number of carboxylic acids is 1. The maximum absolute atomic E-state index is 11.0. The number of carbonyl (C=O) groups is 2. The highest BCUT2D eigenvalue weighted by atomic mass is 16.4. The minimum Gasteiger partial charge on any atom is -0.480 e. The van der Waals surface area contributed by atoms with Gasteiger partial charge in [0.05, 0.1) is 6.54 Å². The number of carboxylic acid groups (broad SMARTS) is 1. The highest BCUT2D eigenvalue weighted by molar-refractivity contribution is 5.75. The van der Waals surface area contributed by atoms with E-state index >= 15 is 0 Å². The number of nitrogens with zero attached hydrogens (tertiary/aromatic N) is 1. The van der Waals surface area contributed by atoms with Crippen molar-refractivity contribution < 1.29 is 14.7 Å². The van der Waals surface area contributed by atoms with Gasteiger partial charge in [0.25, 0.3) is 0 Å². The lowest BCUT2D eigenvalue weighted by molar-refractivity contribution is -0.138. The maximum Gasteiger partial charge on any atom is 0.317 e.